The highest BCUT2D eigenvalue weighted by Gasteiger charge is 2.25. The molecule has 0 saturated heterocycles. The van der Waals surface area contributed by atoms with Crippen molar-refractivity contribution in [2.24, 2.45) is 10.9 Å². The van der Waals surface area contributed by atoms with Gasteiger partial charge >= 0.3 is 0 Å². The predicted octanol–water partition coefficient (Wildman–Crippen LogP) is 4.74. The van der Waals surface area contributed by atoms with Crippen LogP contribution in [0.25, 0.3) is 10.9 Å². The molecule has 1 unspecified atom stereocenters. The van der Waals surface area contributed by atoms with E-state index in [4.69, 9.17) is 4.74 Å². The van der Waals surface area contributed by atoms with Crippen LogP contribution in [-0.2, 0) is 4.74 Å². The summed E-state index contributed by atoms with van der Waals surface area (Å²) in [5, 5.41) is 15.7. The maximum Gasteiger partial charge on any atom is 0.201 e. The summed E-state index contributed by atoms with van der Waals surface area (Å²) in [5.74, 6) is 1.05. The molecule has 1 saturated carbocycles. The molecule has 2 heterocycles. The van der Waals surface area contributed by atoms with Gasteiger partial charge in [0.1, 0.15) is 0 Å². The van der Waals surface area contributed by atoms with E-state index in [9.17, 15) is 5.11 Å². The summed E-state index contributed by atoms with van der Waals surface area (Å²) in [6.45, 7) is 8.24. The first kappa shape index (κ1) is 18.4. The van der Waals surface area contributed by atoms with Crippen LogP contribution in [-0.4, -0.2) is 41.2 Å². The van der Waals surface area contributed by atoms with Gasteiger partial charge in [-0.3, -0.25) is 4.99 Å². The van der Waals surface area contributed by atoms with Gasteiger partial charge in [0.25, 0.3) is 0 Å². The van der Waals surface area contributed by atoms with Crippen LogP contribution in [0.15, 0.2) is 23.2 Å². The number of nitrogens with zero attached hydrogens (tertiary/aromatic N) is 2. The number of rotatable bonds is 5. The maximum absolute atomic E-state index is 11.0. The van der Waals surface area contributed by atoms with Crippen LogP contribution in [0, 0.1) is 5.92 Å². The molecule has 5 nitrogen and oxygen atoms in total. The molecule has 2 N–H and O–H groups in total. The smallest absolute Gasteiger partial charge is 0.201 e. The van der Waals surface area contributed by atoms with Gasteiger partial charge in [-0.1, -0.05) is 12.8 Å². The minimum Gasteiger partial charge on any atom is -0.494 e. The average Bonchev–Trinajstić information content (AvgIpc) is 3.28. The minimum absolute atomic E-state index is 0.169. The number of hydrogen-bond donors (Lipinski definition) is 2. The van der Waals surface area contributed by atoms with Crippen LogP contribution in [0.2, 0.25) is 0 Å². The molecule has 0 bridgehead atoms. The Labute approximate surface area is 161 Å². The van der Waals surface area contributed by atoms with Crippen molar-refractivity contribution in [3.63, 3.8) is 0 Å². The third-order valence-electron chi connectivity index (χ3n) is 6.06. The van der Waals surface area contributed by atoms with Crippen molar-refractivity contribution >= 4 is 22.3 Å². The zero-order chi connectivity index (χ0) is 19.0. The third kappa shape index (κ3) is 3.45. The van der Waals surface area contributed by atoms with Gasteiger partial charge in [-0.25, -0.2) is 0 Å². The fraction of sp³-hybridized carbons (Fsp3) is 0.591. The van der Waals surface area contributed by atoms with Crippen LogP contribution < -0.4 is 5.32 Å². The summed E-state index contributed by atoms with van der Waals surface area (Å²) in [7, 11) is 0. The second-order valence-corrected chi connectivity index (χ2v) is 8.25. The number of aliphatic imine (C=N–C) groups is 1. The summed E-state index contributed by atoms with van der Waals surface area (Å²) in [6.07, 6.45) is 5.34. The highest BCUT2D eigenvalue weighted by Crippen LogP contribution is 2.37. The molecule has 2 aromatic rings. The molecule has 146 valence electrons. The SMILES string of the molecule is CC(Nc1ccc2c(c1)c(C1=NCCOC1)c(O)n2C(C)C)C1CCCC1. The zero-order valence-corrected chi connectivity index (χ0v) is 16.7. The van der Waals surface area contributed by atoms with E-state index in [1.54, 1.807) is 0 Å². The molecule has 4 rings (SSSR count). The fourth-order valence-electron chi connectivity index (χ4n) is 4.65. The molecule has 0 amide bonds. The second-order valence-electron chi connectivity index (χ2n) is 8.25. The predicted molar refractivity (Wildman–Crippen MR) is 111 cm³/mol. The molecule has 1 aliphatic heterocycles. The van der Waals surface area contributed by atoms with Gasteiger partial charge in [0, 0.05) is 23.2 Å². The zero-order valence-electron chi connectivity index (χ0n) is 16.7. The second kappa shape index (κ2) is 7.55. The molecule has 5 heteroatoms. The minimum atomic E-state index is 0.169. The lowest BCUT2D eigenvalue weighted by Crippen LogP contribution is -2.23. The van der Waals surface area contributed by atoms with Crippen LogP contribution in [0.4, 0.5) is 5.69 Å². The van der Waals surface area contributed by atoms with Crippen molar-refractivity contribution in [1.29, 1.82) is 0 Å². The van der Waals surface area contributed by atoms with Crippen LogP contribution in [0.1, 0.15) is 58.1 Å². The van der Waals surface area contributed by atoms with Crippen molar-refractivity contribution in [2.75, 3.05) is 25.1 Å². The van der Waals surface area contributed by atoms with Crippen LogP contribution in [0.5, 0.6) is 5.88 Å². The number of nitrogens with one attached hydrogen (secondary N) is 1. The number of fused-ring (bicyclic) bond motifs is 1. The lowest BCUT2D eigenvalue weighted by Gasteiger charge is -2.22. The Morgan fingerprint density at radius 2 is 2.00 bits per heavy atom. The quantitative estimate of drug-likeness (QED) is 0.800. The van der Waals surface area contributed by atoms with E-state index in [2.05, 4.69) is 49.3 Å². The van der Waals surface area contributed by atoms with E-state index in [0.29, 0.717) is 31.7 Å². The summed E-state index contributed by atoms with van der Waals surface area (Å²) in [4.78, 5) is 4.63. The normalized spacial score (nSPS) is 19.6. The van der Waals surface area contributed by atoms with Crippen molar-refractivity contribution in [1.82, 2.24) is 4.57 Å². The summed E-state index contributed by atoms with van der Waals surface area (Å²) < 4.78 is 7.60. The van der Waals surface area contributed by atoms with Gasteiger partial charge in [0.2, 0.25) is 5.88 Å². The molecule has 1 aromatic carbocycles. The largest absolute Gasteiger partial charge is 0.494 e. The molecule has 1 atom stereocenters. The van der Waals surface area contributed by atoms with Crippen LogP contribution >= 0.6 is 0 Å². The Balaban J connectivity index is 1.75. The van der Waals surface area contributed by atoms with Gasteiger partial charge in [0.05, 0.1) is 36.6 Å². The summed E-state index contributed by atoms with van der Waals surface area (Å²) in [6, 6.07) is 7.06. The molecule has 0 radical (unpaired) electrons. The first-order valence-corrected chi connectivity index (χ1v) is 10.3. The Hall–Kier alpha value is -2.01. The summed E-state index contributed by atoms with van der Waals surface area (Å²) in [5.41, 5.74) is 3.84. The van der Waals surface area contributed by atoms with E-state index in [1.807, 2.05) is 4.57 Å². The maximum atomic E-state index is 11.0. The number of aromatic hydroxyl groups is 1. The lowest BCUT2D eigenvalue weighted by atomic mass is 9.99. The summed E-state index contributed by atoms with van der Waals surface area (Å²) >= 11 is 0. The van der Waals surface area contributed by atoms with Crippen molar-refractivity contribution < 1.29 is 9.84 Å². The highest BCUT2D eigenvalue weighted by atomic mass is 16.5. The molecule has 2 aliphatic rings. The van der Waals surface area contributed by atoms with Crippen molar-refractivity contribution in [3.8, 4) is 5.88 Å². The molecular formula is C22H31N3O2. The standard InChI is InChI=1S/C22H31N3O2/c1-14(2)25-20-9-8-17(24-15(3)16-6-4-5-7-16)12-18(20)21(22(25)26)19-13-27-11-10-23-19/h8-9,12,14-16,24,26H,4-7,10-11,13H2,1-3H3. The third-order valence-corrected chi connectivity index (χ3v) is 6.06. The van der Waals surface area contributed by atoms with Crippen molar-refractivity contribution in [3.05, 3.63) is 23.8 Å². The number of anilines is 1. The molecular weight excluding hydrogens is 338 g/mol. The fourth-order valence-corrected chi connectivity index (χ4v) is 4.65. The Kier molecular flexibility index (Phi) is 5.13. The number of ether oxygens (including phenoxy) is 1. The van der Waals surface area contributed by atoms with Crippen molar-refractivity contribution in [2.45, 2.75) is 58.5 Å². The molecule has 1 aromatic heterocycles. The topological polar surface area (TPSA) is 58.8 Å². The van der Waals surface area contributed by atoms with Gasteiger partial charge in [-0.2, -0.15) is 0 Å². The van der Waals surface area contributed by atoms with Gasteiger partial charge in [-0.15, -0.1) is 0 Å². The lowest BCUT2D eigenvalue weighted by molar-refractivity contribution is 0.171. The first-order chi connectivity index (χ1) is 13.1. The van der Waals surface area contributed by atoms with E-state index < -0.39 is 0 Å². The Bertz CT molecular complexity index is 847. The molecule has 27 heavy (non-hydrogen) atoms. The molecule has 1 aliphatic carbocycles. The first-order valence-electron chi connectivity index (χ1n) is 10.3. The average molecular weight is 370 g/mol. The number of benzene rings is 1. The van der Waals surface area contributed by atoms with E-state index in [-0.39, 0.29) is 6.04 Å². The Morgan fingerprint density at radius 3 is 2.67 bits per heavy atom. The van der Waals surface area contributed by atoms with Crippen LogP contribution in [0.3, 0.4) is 0 Å². The number of aromatic nitrogens is 1. The Morgan fingerprint density at radius 1 is 1.22 bits per heavy atom. The monoisotopic (exact) mass is 369 g/mol. The molecule has 1 fully saturated rings. The van der Waals surface area contributed by atoms with E-state index in [0.717, 1.165) is 33.8 Å². The van der Waals surface area contributed by atoms with E-state index >= 15 is 0 Å². The van der Waals surface area contributed by atoms with Gasteiger partial charge in [0.15, 0.2) is 0 Å². The number of hydrogen-bond acceptors (Lipinski definition) is 4. The van der Waals surface area contributed by atoms with E-state index in [1.165, 1.54) is 25.7 Å². The van der Waals surface area contributed by atoms with Gasteiger partial charge < -0.3 is 19.7 Å². The van der Waals surface area contributed by atoms with Gasteiger partial charge in [-0.05, 0) is 57.7 Å². The highest BCUT2D eigenvalue weighted by molar-refractivity contribution is 6.14. The molecule has 0 spiro atoms.